The van der Waals surface area contributed by atoms with Crippen molar-refractivity contribution in [2.45, 2.75) is 84.4 Å². The molecule has 0 amide bonds. The van der Waals surface area contributed by atoms with E-state index in [0.717, 1.165) is 22.1 Å². The fourth-order valence-electron chi connectivity index (χ4n) is 3.36. The second-order valence-corrected chi connectivity index (χ2v) is 16.2. The van der Waals surface area contributed by atoms with Gasteiger partial charge in [0.1, 0.15) is 0 Å². The van der Waals surface area contributed by atoms with E-state index in [4.69, 9.17) is 18.7 Å². The molecule has 0 spiro atoms. The van der Waals surface area contributed by atoms with Gasteiger partial charge >= 0.3 is 7.12 Å². The highest BCUT2D eigenvalue weighted by atomic mass is 28.4. The molecule has 176 valence electrons. The molecule has 0 bridgehead atoms. The van der Waals surface area contributed by atoms with E-state index in [-0.39, 0.29) is 5.04 Å². The predicted octanol–water partition coefficient (Wildman–Crippen LogP) is 4.64. The summed E-state index contributed by atoms with van der Waals surface area (Å²) < 4.78 is 20.6. The van der Waals surface area contributed by atoms with Gasteiger partial charge < -0.3 is 13.7 Å². The minimum atomic E-state index is -1.87. The predicted molar refractivity (Wildman–Crippen MR) is 134 cm³/mol. The maximum absolute atomic E-state index is 6.35. The lowest BCUT2D eigenvalue weighted by Gasteiger charge is -2.36. The largest absolute Gasteiger partial charge is 0.494 e. The van der Waals surface area contributed by atoms with Crippen molar-refractivity contribution in [3.63, 3.8) is 0 Å². The molecule has 1 fully saturated rings. The second kappa shape index (κ2) is 8.01. The molecule has 0 radical (unpaired) electrons. The van der Waals surface area contributed by atoms with Crippen LogP contribution in [0, 0.1) is 0 Å². The standard InChI is InChI=1S/C24H35BN4O3Si/c1-22(2,3)33(8,9)30-16-19-12-13-26-21(28-19)29-20-14-18(11-10-17(20)15-27-29)25-31-23(4,5)24(6,7)32-25/h10-15H,16H2,1-9H3. The number of benzene rings is 1. The third kappa shape index (κ3) is 4.51. The van der Waals surface area contributed by atoms with Crippen molar-refractivity contribution in [2.75, 3.05) is 0 Å². The molecule has 1 aliphatic rings. The molecule has 0 unspecified atom stereocenters. The summed E-state index contributed by atoms with van der Waals surface area (Å²) in [5.41, 5.74) is 1.91. The molecular formula is C24H35BN4O3Si. The first-order valence-electron chi connectivity index (χ1n) is 11.5. The quantitative estimate of drug-likeness (QED) is 0.511. The first-order valence-corrected chi connectivity index (χ1v) is 14.4. The normalized spacial score (nSPS) is 18.3. The van der Waals surface area contributed by atoms with Crippen LogP contribution in [-0.2, 0) is 20.3 Å². The number of fused-ring (bicyclic) bond motifs is 1. The first-order chi connectivity index (χ1) is 15.2. The molecule has 3 aromatic rings. The molecule has 0 saturated carbocycles. The van der Waals surface area contributed by atoms with E-state index in [1.165, 1.54) is 0 Å². The van der Waals surface area contributed by atoms with Gasteiger partial charge in [-0.2, -0.15) is 9.78 Å². The van der Waals surface area contributed by atoms with Crippen LogP contribution in [0.4, 0.5) is 0 Å². The van der Waals surface area contributed by atoms with E-state index in [0.29, 0.717) is 12.6 Å². The Morgan fingerprint density at radius 2 is 1.73 bits per heavy atom. The molecule has 3 heterocycles. The molecule has 4 rings (SSSR count). The molecule has 0 atom stereocenters. The van der Waals surface area contributed by atoms with Crippen LogP contribution in [0.15, 0.2) is 36.7 Å². The Balaban J connectivity index is 1.62. The summed E-state index contributed by atoms with van der Waals surface area (Å²) in [4.78, 5) is 9.23. The Morgan fingerprint density at radius 1 is 1.06 bits per heavy atom. The maximum atomic E-state index is 6.35. The van der Waals surface area contributed by atoms with E-state index in [2.05, 4.69) is 71.6 Å². The van der Waals surface area contributed by atoms with Crippen molar-refractivity contribution in [3.05, 3.63) is 42.4 Å². The SMILES string of the molecule is CC1(C)OB(c2ccc3cnn(-c4nccc(CO[Si](C)(C)C(C)(C)C)n4)c3c2)OC1(C)C. The zero-order valence-corrected chi connectivity index (χ0v) is 22.3. The van der Waals surface area contributed by atoms with Crippen molar-refractivity contribution in [1.82, 2.24) is 19.7 Å². The van der Waals surface area contributed by atoms with Crippen molar-refractivity contribution in [1.29, 1.82) is 0 Å². The molecular weight excluding hydrogens is 431 g/mol. The Hall–Kier alpha value is -2.07. The van der Waals surface area contributed by atoms with Crippen molar-refractivity contribution in [2.24, 2.45) is 0 Å². The Labute approximate surface area is 198 Å². The van der Waals surface area contributed by atoms with Gasteiger partial charge in [0.05, 0.1) is 35.2 Å². The van der Waals surface area contributed by atoms with Crippen LogP contribution in [-0.4, -0.2) is 46.4 Å². The summed E-state index contributed by atoms with van der Waals surface area (Å²) in [5, 5.41) is 5.70. The Bertz CT molecular complexity index is 1150. The van der Waals surface area contributed by atoms with E-state index < -0.39 is 26.6 Å². The van der Waals surface area contributed by atoms with E-state index in [1.54, 1.807) is 10.9 Å². The van der Waals surface area contributed by atoms with E-state index in [1.807, 2.05) is 30.5 Å². The summed E-state index contributed by atoms with van der Waals surface area (Å²) in [6.45, 7) is 19.9. The average molecular weight is 466 g/mol. The molecule has 0 aliphatic carbocycles. The Kier molecular flexibility index (Phi) is 5.84. The van der Waals surface area contributed by atoms with Gasteiger partial charge in [0.2, 0.25) is 0 Å². The number of hydrogen-bond donors (Lipinski definition) is 0. The van der Waals surface area contributed by atoms with Crippen LogP contribution in [0.2, 0.25) is 18.1 Å². The lowest BCUT2D eigenvalue weighted by molar-refractivity contribution is 0.00578. The van der Waals surface area contributed by atoms with Gasteiger partial charge in [-0.05, 0) is 63.4 Å². The third-order valence-electron chi connectivity index (χ3n) is 7.40. The van der Waals surface area contributed by atoms with Gasteiger partial charge in [-0.1, -0.05) is 32.9 Å². The van der Waals surface area contributed by atoms with Crippen molar-refractivity contribution < 1.29 is 13.7 Å². The number of nitrogens with zero attached hydrogens (tertiary/aromatic N) is 4. The maximum Gasteiger partial charge on any atom is 0.494 e. The molecule has 0 N–H and O–H groups in total. The minimum absolute atomic E-state index is 0.144. The third-order valence-corrected chi connectivity index (χ3v) is 11.9. The lowest BCUT2D eigenvalue weighted by atomic mass is 9.79. The van der Waals surface area contributed by atoms with Gasteiger partial charge in [0, 0.05) is 11.6 Å². The molecule has 1 aromatic carbocycles. The smallest absolute Gasteiger partial charge is 0.411 e. The fourth-order valence-corrected chi connectivity index (χ4v) is 4.30. The number of rotatable bonds is 5. The highest BCUT2D eigenvalue weighted by Crippen LogP contribution is 2.37. The van der Waals surface area contributed by atoms with Gasteiger partial charge in [-0.25, -0.2) is 9.97 Å². The summed E-state index contributed by atoms with van der Waals surface area (Å²) in [6, 6.07) is 8.01. The summed E-state index contributed by atoms with van der Waals surface area (Å²) in [5.74, 6) is 0.521. The molecule has 1 aliphatic heterocycles. The van der Waals surface area contributed by atoms with Gasteiger partial charge in [0.25, 0.3) is 5.95 Å². The molecule has 9 heteroatoms. The second-order valence-electron chi connectivity index (χ2n) is 11.4. The number of hydrogen-bond acceptors (Lipinski definition) is 6. The summed E-state index contributed by atoms with van der Waals surface area (Å²) >= 11 is 0. The van der Waals surface area contributed by atoms with Crippen LogP contribution in [0.3, 0.4) is 0 Å². The van der Waals surface area contributed by atoms with Crippen LogP contribution >= 0.6 is 0 Å². The van der Waals surface area contributed by atoms with Gasteiger partial charge in [-0.15, -0.1) is 0 Å². The zero-order valence-electron chi connectivity index (χ0n) is 21.3. The summed E-state index contributed by atoms with van der Waals surface area (Å²) in [7, 11) is -2.31. The molecule has 7 nitrogen and oxygen atoms in total. The minimum Gasteiger partial charge on any atom is -0.411 e. The first kappa shape index (κ1) is 24.1. The van der Waals surface area contributed by atoms with Crippen LogP contribution in [0.5, 0.6) is 0 Å². The fraction of sp³-hybridized carbons (Fsp3) is 0.542. The summed E-state index contributed by atoms with van der Waals surface area (Å²) in [6.07, 6.45) is 3.59. The van der Waals surface area contributed by atoms with Crippen LogP contribution in [0.25, 0.3) is 16.9 Å². The van der Waals surface area contributed by atoms with Gasteiger partial charge in [-0.3, -0.25) is 0 Å². The van der Waals surface area contributed by atoms with Gasteiger partial charge in [0.15, 0.2) is 8.32 Å². The Morgan fingerprint density at radius 3 is 2.36 bits per heavy atom. The lowest BCUT2D eigenvalue weighted by Crippen LogP contribution is -2.41. The average Bonchev–Trinajstić information content (AvgIpc) is 3.23. The highest BCUT2D eigenvalue weighted by Gasteiger charge is 2.51. The van der Waals surface area contributed by atoms with E-state index >= 15 is 0 Å². The highest BCUT2D eigenvalue weighted by molar-refractivity contribution is 6.74. The zero-order chi connectivity index (χ0) is 24.2. The van der Waals surface area contributed by atoms with E-state index in [9.17, 15) is 0 Å². The van der Waals surface area contributed by atoms with Crippen LogP contribution < -0.4 is 5.46 Å². The van der Waals surface area contributed by atoms with Crippen molar-refractivity contribution >= 4 is 31.8 Å². The van der Waals surface area contributed by atoms with Crippen molar-refractivity contribution in [3.8, 4) is 5.95 Å². The number of aromatic nitrogens is 4. The molecule has 2 aromatic heterocycles. The molecule has 1 saturated heterocycles. The van der Waals surface area contributed by atoms with Crippen LogP contribution in [0.1, 0.15) is 54.2 Å². The monoisotopic (exact) mass is 466 g/mol. The molecule has 33 heavy (non-hydrogen) atoms. The topological polar surface area (TPSA) is 71.3 Å².